The van der Waals surface area contributed by atoms with Crippen molar-refractivity contribution in [1.29, 1.82) is 0 Å². The second kappa shape index (κ2) is 32.9. The van der Waals surface area contributed by atoms with Gasteiger partial charge < -0.3 is 65.1 Å². The Morgan fingerprint density at radius 1 is 0.593 bits per heavy atom. The number of nitrogens with one attached hydrogen (secondary N) is 1. The molecule has 0 aromatic heterocycles. The van der Waals surface area contributed by atoms with Crippen molar-refractivity contribution in [2.24, 2.45) is 0 Å². The number of hydrogen-bond acceptors (Lipinski definition) is 13. The van der Waals surface area contributed by atoms with Crippen molar-refractivity contribution in [2.45, 2.75) is 222 Å². The zero-order chi connectivity index (χ0) is 43.3. The number of carbonyl (C=O) groups excluding carboxylic acids is 1. The van der Waals surface area contributed by atoms with Crippen LogP contribution in [0.4, 0.5) is 0 Å². The second-order valence-electron chi connectivity index (χ2n) is 16.2. The fraction of sp³-hybridized carbons (Fsp3) is 0.844. The molecule has 0 saturated carbocycles. The van der Waals surface area contributed by atoms with E-state index in [1.807, 2.05) is 6.08 Å². The molecule has 2 aliphatic rings. The summed E-state index contributed by atoms with van der Waals surface area (Å²) in [5.74, 6) is -0.263. The maximum Gasteiger partial charge on any atom is 0.220 e. The number of unbranched alkanes of at least 4 members (excludes halogenated alkanes) is 16. The molecule has 59 heavy (non-hydrogen) atoms. The first kappa shape index (κ1) is 53.3. The van der Waals surface area contributed by atoms with E-state index in [4.69, 9.17) is 18.9 Å². The zero-order valence-electron chi connectivity index (χ0n) is 36.0. The molecule has 2 rings (SSSR count). The van der Waals surface area contributed by atoms with Gasteiger partial charge in [-0.15, -0.1) is 0 Å². The summed E-state index contributed by atoms with van der Waals surface area (Å²) in [7, 11) is 0. The lowest BCUT2D eigenvalue weighted by atomic mass is 9.97. The van der Waals surface area contributed by atoms with Crippen molar-refractivity contribution >= 4 is 5.91 Å². The summed E-state index contributed by atoms with van der Waals surface area (Å²) >= 11 is 0. The Hall–Kier alpha value is -1.79. The number of rotatable bonds is 33. The fourth-order valence-electron chi connectivity index (χ4n) is 7.24. The Bertz CT molecular complexity index is 1140. The van der Waals surface area contributed by atoms with Crippen molar-refractivity contribution < 1.29 is 64.6 Å². The van der Waals surface area contributed by atoms with Crippen molar-refractivity contribution in [3.8, 4) is 0 Å². The van der Waals surface area contributed by atoms with Gasteiger partial charge in [-0.25, -0.2) is 0 Å². The molecule has 0 bridgehead atoms. The van der Waals surface area contributed by atoms with E-state index >= 15 is 0 Å². The monoisotopic (exact) mass is 844 g/mol. The van der Waals surface area contributed by atoms with Gasteiger partial charge in [-0.1, -0.05) is 121 Å². The molecule has 12 atom stereocenters. The van der Waals surface area contributed by atoms with E-state index in [0.717, 1.165) is 51.4 Å². The Morgan fingerprint density at radius 2 is 1.08 bits per heavy atom. The van der Waals surface area contributed by atoms with Gasteiger partial charge >= 0.3 is 0 Å². The molecule has 9 N–H and O–H groups in total. The summed E-state index contributed by atoms with van der Waals surface area (Å²) in [5, 5.41) is 86.3. The average molecular weight is 844 g/mol. The molecule has 2 fully saturated rings. The maximum absolute atomic E-state index is 13.1. The molecular formula is C45H81NO13. The molecule has 0 aliphatic carbocycles. The molecule has 14 nitrogen and oxygen atoms in total. The van der Waals surface area contributed by atoms with Crippen LogP contribution in [0.15, 0.2) is 36.5 Å². The van der Waals surface area contributed by atoms with Crippen LogP contribution in [-0.4, -0.2) is 140 Å². The van der Waals surface area contributed by atoms with Gasteiger partial charge in [-0.05, 0) is 57.8 Å². The molecule has 0 aromatic rings. The SMILES string of the molecule is CCCCCC/C=C/CC/C=C/C(O)C(COC1OC(CO)C(OC2OC(CO)C(O)C(O)C2O)C(O)C1O)NC(=O)CCCCCCC/C=C\CCCCCCCC. The molecule has 0 radical (unpaired) electrons. The summed E-state index contributed by atoms with van der Waals surface area (Å²) in [5.41, 5.74) is 0. The van der Waals surface area contributed by atoms with Crippen molar-refractivity contribution in [1.82, 2.24) is 5.32 Å². The number of hydrogen-bond donors (Lipinski definition) is 9. The fourth-order valence-corrected chi connectivity index (χ4v) is 7.24. The highest BCUT2D eigenvalue weighted by molar-refractivity contribution is 5.76. The third-order valence-electron chi connectivity index (χ3n) is 11.0. The van der Waals surface area contributed by atoms with E-state index in [9.17, 15) is 45.6 Å². The lowest BCUT2D eigenvalue weighted by molar-refractivity contribution is -0.359. The summed E-state index contributed by atoms with van der Waals surface area (Å²) in [4.78, 5) is 13.1. The van der Waals surface area contributed by atoms with Crippen molar-refractivity contribution in [2.75, 3.05) is 19.8 Å². The first-order valence-electron chi connectivity index (χ1n) is 22.7. The molecule has 14 heteroatoms. The molecular weight excluding hydrogens is 762 g/mol. The minimum atomic E-state index is -1.79. The van der Waals surface area contributed by atoms with Gasteiger partial charge in [-0.2, -0.15) is 0 Å². The van der Waals surface area contributed by atoms with E-state index in [2.05, 4.69) is 43.5 Å². The van der Waals surface area contributed by atoms with E-state index in [1.165, 1.54) is 64.2 Å². The topological polar surface area (TPSA) is 228 Å². The number of ether oxygens (including phenoxy) is 4. The highest BCUT2D eigenvalue weighted by Crippen LogP contribution is 2.30. The van der Waals surface area contributed by atoms with E-state index < -0.39 is 86.8 Å². The highest BCUT2D eigenvalue weighted by Gasteiger charge is 2.50. The number of allylic oxidation sites excluding steroid dienone is 5. The number of amides is 1. The van der Waals surface area contributed by atoms with Gasteiger partial charge in [0.05, 0.1) is 32.0 Å². The Morgan fingerprint density at radius 3 is 1.68 bits per heavy atom. The van der Waals surface area contributed by atoms with Crippen LogP contribution in [0.5, 0.6) is 0 Å². The smallest absolute Gasteiger partial charge is 0.220 e. The largest absolute Gasteiger partial charge is 0.394 e. The van der Waals surface area contributed by atoms with Gasteiger partial charge in [0.1, 0.15) is 48.8 Å². The molecule has 2 aliphatic heterocycles. The second-order valence-corrected chi connectivity index (χ2v) is 16.2. The van der Waals surface area contributed by atoms with E-state index in [1.54, 1.807) is 6.08 Å². The van der Waals surface area contributed by atoms with E-state index in [0.29, 0.717) is 12.8 Å². The predicted octanol–water partition coefficient (Wildman–Crippen LogP) is 4.37. The molecule has 2 heterocycles. The lowest BCUT2D eigenvalue weighted by Gasteiger charge is -2.46. The highest BCUT2D eigenvalue weighted by atomic mass is 16.7. The normalized spacial score (nSPS) is 28.8. The summed E-state index contributed by atoms with van der Waals surface area (Å²) in [6.45, 7) is 2.68. The molecule has 1 amide bonds. The maximum atomic E-state index is 13.1. The molecule has 0 spiro atoms. The summed E-state index contributed by atoms with van der Waals surface area (Å²) in [6.07, 6.45) is 17.7. The Labute approximate surface area is 353 Å². The van der Waals surface area contributed by atoms with Crippen LogP contribution in [0.1, 0.15) is 149 Å². The van der Waals surface area contributed by atoms with Crippen molar-refractivity contribution in [3.63, 3.8) is 0 Å². The van der Waals surface area contributed by atoms with Crippen LogP contribution in [0.3, 0.4) is 0 Å². The molecule has 12 unspecified atom stereocenters. The third-order valence-corrected chi connectivity index (χ3v) is 11.0. The minimum Gasteiger partial charge on any atom is -0.394 e. The van der Waals surface area contributed by atoms with Gasteiger partial charge in [0, 0.05) is 6.42 Å². The molecule has 344 valence electrons. The minimum absolute atomic E-state index is 0.263. The lowest BCUT2D eigenvalue weighted by Crippen LogP contribution is -2.65. The van der Waals surface area contributed by atoms with Gasteiger partial charge in [0.15, 0.2) is 12.6 Å². The Balaban J connectivity index is 1.91. The van der Waals surface area contributed by atoms with Crippen LogP contribution in [0.25, 0.3) is 0 Å². The van der Waals surface area contributed by atoms with E-state index in [-0.39, 0.29) is 18.9 Å². The number of aliphatic hydroxyl groups is 8. The van der Waals surface area contributed by atoms with Crippen LogP contribution in [0.2, 0.25) is 0 Å². The zero-order valence-corrected chi connectivity index (χ0v) is 36.0. The number of aliphatic hydroxyl groups excluding tert-OH is 8. The van der Waals surface area contributed by atoms with Gasteiger partial charge in [0.2, 0.25) is 5.91 Å². The molecule has 2 saturated heterocycles. The molecule has 0 aromatic carbocycles. The first-order valence-corrected chi connectivity index (χ1v) is 22.7. The van der Waals surface area contributed by atoms with Crippen LogP contribution in [-0.2, 0) is 23.7 Å². The average Bonchev–Trinajstić information content (AvgIpc) is 3.23. The summed E-state index contributed by atoms with van der Waals surface area (Å²) < 4.78 is 22.6. The van der Waals surface area contributed by atoms with Gasteiger partial charge in [0.25, 0.3) is 0 Å². The van der Waals surface area contributed by atoms with Crippen LogP contribution < -0.4 is 5.32 Å². The third kappa shape index (κ3) is 21.2. The quantitative estimate of drug-likeness (QED) is 0.0331. The predicted molar refractivity (Wildman–Crippen MR) is 226 cm³/mol. The van der Waals surface area contributed by atoms with Gasteiger partial charge in [-0.3, -0.25) is 4.79 Å². The van der Waals surface area contributed by atoms with Crippen molar-refractivity contribution in [3.05, 3.63) is 36.5 Å². The van der Waals surface area contributed by atoms with Crippen LogP contribution in [0, 0.1) is 0 Å². The first-order chi connectivity index (χ1) is 28.6. The van der Waals surface area contributed by atoms with Crippen LogP contribution >= 0.6 is 0 Å². The Kier molecular flexibility index (Phi) is 29.7. The summed E-state index contributed by atoms with van der Waals surface area (Å²) in [6, 6.07) is -0.931. The number of carbonyl (C=O) groups is 1. The standard InChI is InChI=1S/C45H81NO13/c1-3-5-7-9-11-13-15-16-17-18-19-21-23-25-27-29-37(50)46-33(34(49)28-26-24-22-20-14-12-10-8-6-4-2)32-56-44-42(55)40(53)43(36(31-48)58-44)59-45-41(54)39(52)38(51)35(30-47)57-45/h14,16-17,20,26,28,33-36,38-45,47-49,51-55H,3-13,15,18-19,21-25,27,29-32H2,1-2H3,(H,46,50)/b17-16-,20-14+,28-26+.